The zero-order valence-electron chi connectivity index (χ0n) is 15.8. The van der Waals surface area contributed by atoms with E-state index in [4.69, 9.17) is 4.74 Å². The maximum atomic E-state index is 13.9. The zero-order chi connectivity index (χ0) is 20.4. The third kappa shape index (κ3) is 3.73. The van der Waals surface area contributed by atoms with Gasteiger partial charge in [0.05, 0.1) is 16.7 Å². The summed E-state index contributed by atoms with van der Waals surface area (Å²) in [5.41, 5.74) is 2.16. The van der Waals surface area contributed by atoms with Crippen LogP contribution in [0.1, 0.15) is 10.5 Å². The highest BCUT2D eigenvalue weighted by atomic mass is 19.1. The lowest BCUT2D eigenvalue weighted by molar-refractivity contribution is 0.0958. The number of benzene rings is 2. The summed E-state index contributed by atoms with van der Waals surface area (Å²) in [7, 11) is 3.39. The van der Waals surface area contributed by atoms with Gasteiger partial charge < -0.3 is 19.9 Å². The topological polar surface area (TPSA) is 81.1 Å². The third-order valence-corrected chi connectivity index (χ3v) is 4.40. The molecule has 8 heteroatoms. The summed E-state index contributed by atoms with van der Waals surface area (Å²) in [5, 5.41) is 5.53. The largest absolute Gasteiger partial charge is 0.457 e. The van der Waals surface area contributed by atoms with Gasteiger partial charge in [-0.25, -0.2) is 9.37 Å². The molecule has 0 unspecified atom stereocenters. The van der Waals surface area contributed by atoms with Crippen LogP contribution in [-0.4, -0.2) is 27.5 Å². The van der Waals surface area contributed by atoms with Crippen molar-refractivity contribution in [3.8, 4) is 11.5 Å². The molecular formula is C21H18FN5O2. The Kier molecular flexibility index (Phi) is 4.82. The quantitative estimate of drug-likeness (QED) is 0.537. The van der Waals surface area contributed by atoms with Crippen molar-refractivity contribution in [2.24, 2.45) is 7.05 Å². The highest BCUT2D eigenvalue weighted by Gasteiger charge is 2.12. The number of nitrogens with one attached hydrogen (secondary N) is 2. The molecule has 1 amide bonds. The number of halogens is 1. The minimum absolute atomic E-state index is 0.264. The predicted molar refractivity (Wildman–Crippen MR) is 108 cm³/mol. The number of aromatic nitrogens is 3. The van der Waals surface area contributed by atoms with Gasteiger partial charge in [-0.2, -0.15) is 0 Å². The van der Waals surface area contributed by atoms with E-state index in [1.165, 1.54) is 12.3 Å². The SMILES string of the molecule is CNC(=O)c1cc(Oc2ccc3c(c2)nc(Nc2ccccc2F)n3C)ccn1. The zero-order valence-corrected chi connectivity index (χ0v) is 15.8. The summed E-state index contributed by atoms with van der Waals surface area (Å²) in [6, 6.07) is 15.1. The Hall–Kier alpha value is -3.94. The van der Waals surface area contributed by atoms with E-state index in [2.05, 4.69) is 20.6 Å². The number of carbonyl (C=O) groups is 1. The van der Waals surface area contributed by atoms with Gasteiger partial charge in [0, 0.05) is 32.4 Å². The fourth-order valence-electron chi connectivity index (χ4n) is 2.90. The number of carbonyl (C=O) groups excluding carboxylic acids is 1. The van der Waals surface area contributed by atoms with Gasteiger partial charge in [0.2, 0.25) is 5.95 Å². The smallest absolute Gasteiger partial charge is 0.269 e. The summed E-state index contributed by atoms with van der Waals surface area (Å²) in [6.07, 6.45) is 1.51. The number of aryl methyl sites for hydroxylation is 1. The molecule has 0 aliphatic rings. The Balaban J connectivity index is 1.62. The van der Waals surface area contributed by atoms with Crippen molar-refractivity contribution >= 4 is 28.6 Å². The van der Waals surface area contributed by atoms with Crippen molar-refractivity contribution in [2.45, 2.75) is 0 Å². The van der Waals surface area contributed by atoms with E-state index in [1.54, 1.807) is 49.5 Å². The van der Waals surface area contributed by atoms with Crippen LogP contribution in [0, 0.1) is 5.82 Å². The second kappa shape index (κ2) is 7.59. The summed E-state index contributed by atoms with van der Waals surface area (Å²) < 4.78 is 21.6. The van der Waals surface area contributed by atoms with Crippen LogP contribution in [-0.2, 0) is 7.05 Å². The molecular weight excluding hydrogens is 373 g/mol. The summed E-state index contributed by atoms with van der Waals surface area (Å²) in [5.74, 6) is 0.904. The normalized spacial score (nSPS) is 10.7. The molecule has 0 aliphatic carbocycles. The van der Waals surface area contributed by atoms with Crippen molar-refractivity contribution in [2.75, 3.05) is 12.4 Å². The Morgan fingerprint density at radius 3 is 2.69 bits per heavy atom. The highest BCUT2D eigenvalue weighted by molar-refractivity contribution is 5.92. The molecule has 146 valence electrons. The van der Waals surface area contributed by atoms with Crippen LogP contribution in [0.25, 0.3) is 11.0 Å². The Morgan fingerprint density at radius 2 is 1.90 bits per heavy atom. The molecule has 2 aromatic heterocycles. The number of fused-ring (bicyclic) bond motifs is 1. The lowest BCUT2D eigenvalue weighted by Gasteiger charge is -2.07. The van der Waals surface area contributed by atoms with Crippen LogP contribution in [0.2, 0.25) is 0 Å². The molecule has 2 heterocycles. The first-order valence-corrected chi connectivity index (χ1v) is 8.89. The second-order valence-electron chi connectivity index (χ2n) is 6.31. The highest BCUT2D eigenvalue weighted by Crippen LogP contribution is 2.28. The van der Waals surface area contributed by atoms with Gasteiger partial charge in [-0.3, -0.25) is 9.78 Å². The Bertz CT molecular complexity index is 1200. The van der Waals surface area contributed by atoms with Crippen LogP contribution in [0.4, 0.5) is 16.0 Å². The molecule has 0 saturated heterocycles. The molecule has 2 N–H and O–H groups in total. The number of hydrogen-bond donors (Lipinski definition) is 2. The van der Waals surface area contributed by atoms with Gasteiger partial charge >= 0.3 is 0 Å². The molecule has 29 heavy (non-hydrogen) atoms. The fraction of sp³-hybridized carbons (Fsp3) is 0.0952. The number of anilines is 2. The molecule has 0 saturated carbocycles. The van der Waals surface area contributed by atoms with Gasteiger partial charge in [-0.1, -0.05) is 12.1 Å². The standard InChI is InChI=1S/C21H18FN5O2/c1-23-20(28)18-12-14(9-10-24-18)29-13-7-8-19-17(11-13)26-21(27(19)2)25-16-6-4-3-5-15(16)22/h3-12H,1-2H3,(H,23,28)(H,25,26). The number of rotatable bonds is 5. The fourth-order valence-corrected chi connectivity index (χ4v) is 2.90. The lowest BCUT2D eigenvalue weighted by Crippen LogP contribution is -2.18. The summed E-state index contributed by atoms with van der Waals surface area (Å²) in [6.45, 7) is 0. The number of amides is 1. The van der Waals surface area contributed by atoms with Crippen LogP contribution in [0.15, 0.2) is 60.8 Å². The van der Waals surface area contributed by atoms with E-state index in [-0.39, 0.29) is 17.4 Å². The van der Waals surface area contributed by atoms with Crippen molar-refractivity contribution in [3.05, 3.63) is 72.3 Å². The Morgan fingerprint density at radius 1 is 1.10 bits per heavy atom. The second-order valence-corrected chi connectivity index (χ2v) is 6.31. The molecule has 0 aliphatic heterocycles. The van der Waals surface area contributed by atoms with E-state index in [0.717, 1.165) is 5.52 Å². The molecule has 2 aromatic carbocycles. The maximum absolute atomic E-state index is 13.9. The van der Waals surface area contributed by atoms with Gasteiger partial charge in [0.1, 0.15) is 23.0 Å². The van der Waals surface area contributed by atoms with Crippen LogP contribution in [0.5, 0.6) is 11.5 Å². The first kappa shape index (κ1) is 18.4. The first-order chi connectivity index (χ1) is 14.0. The number of imidazole rings is 1. The predicted octanol–water partition coefficient (Wildman–Crippen LogP) is 4.00. The van der Waals surface area contributed by atoms with Crippen molar-refractivity contribution < 1.29 is 13.9 Å². The van der Waals surface area contributed by atoms with Crippen LogP contribution in [0.3, 0.4) is 0 Å². The van der Waals surface area contributed by atoms with E-state index >= 15 is 0 Å². The number of ether oxygens (including phenoxy) is 1. The first-order valence-electron chi connectivity index (χ1n) is 8.89. The van der Waals surface area contributed by atoms with Crippen molar-refractivity contribution in [1.82, 2.24) is 19.9 Å². The summed E-state index contributed by atoms with van der Waals surface area (Å²) >= 11 is 0. The Labute approximate surface area is 166 Å². The average molecular weight is 391 g/mol. The number of pyridine rings is 1. The van der Waals surface area contributed by atoms with Gasteiger partial charge in [0.15, 0.2) is 0 Å². The maximum Gasteiger partial charge on any atom is 0.269 e. The van der Waals surface area contributed by atoms with Crippen LogP contribution < -0.4 is 15.4 Å². The van der Waals surface area contributed by atoms with Crippen molar-refractivity contribution in [1.29, 1.82) is 0 Å². The van der Waals surface area contributed by atoms with Gasteiger partial charge in [0.25, 0.3) is 5.91 Å². The third-order valence-electron chi connectivity index (χ3n) is 4.40. The summed E-state index contributed by atoms with van der Waals surface area (Å²) in [4.78, 5) is 20.3. The minimum atomic E-state index is -0.354. The molecule has 0 atom stereocenters. The molecule has 4 rings (SSSR count). The van der Waals surface area contributed by atoms with E-state index in [0.29, 0.717) is 28.7 Å². The lowest BCUT2D eigenvalue weighted by atomic mass is 10.3. The monoisotopic (exact) mass is 391 g/mol. The molecule has 0 radical (unpaired) electrons. The molecule has 0 spiro atoms. The van der Waals surface area contributed by atoms with Gasteiger partial charge in [-0.05, 0) is 30.3 Å². The number of para-hydroxylation sites is 1. The molecule has 4 aromatic rings. The number of nitrogens with zero attached hydrogens (tertiary/aromatic N) is 3. The van der Waals surface area contributed by atoms with Crippen LogP contribution >= 0.6 is 0 Å². The van der Waals surface area contributed by atoms with E-state index in [1.807, 2.05) is 17.7 Å². The number of hydrogen-bond acceptors (Lipinski definition) is 5. The minimum Gasteiger partial charge on any atom is -0.457 e. The van der Waals surface area contributed by atoms with E-state index in [9.17, 15) is 9.18 Å². The molecule has 0 fully saturated rings. The van der Waals surface area contributed by atoms with Crippen molar-refractivity contribution in [3.63, 3.8) is 0 Å². The molecule has 7 nitrogen and oxygen atoms in total. The molecule has 0 bridgehead atoms. The van der Waals surface area contributed by atoms with E-state index < -0.39 is 0 Å². The average Bonchev–Trinajstić information content (AvgIpc) is 3.04. The van der Waals surface area contributed by atoms with Gasteiger partial charge in [-0.15, -0.1) is 0 Å².